The Labute approximate surface area is 299 Å². The minimum Gasteiger partial charge on any atom is -0.493 e. The molecule has 7 rings (SSSR count). The fourth-order valence-corrected chi connectivity index (χ4v) is 9.12. The number of hydrogen-bond acceptors (Lipinski definition) is 5. The van der Waals surface area contributed by atoms with Crippen LogP contribution in [-0.4, -0.2) is 28.2 Å². The Kier molecular flexibility index (Phi) is 9.80. The van der Waals surface area contributed by atoms with Gasteiger partial charge in [-0.2, -0.15) is 0 Å². The normalized spacial score (nSPS) is 24.6. The van der Waals surface area contributed by atoms with Crippen molar-refractivity contribution < 1.29 is 23.8 Å². The van der Waals surface area contributed by atoms with E-state index in [4.69, 9.17) is 21.1 Å². The van der Waals surface area contributed by atoms with Crippen molar-refractivity contribution in [2.24, 2.45) is 11.8 Å². The lowest BCUT2D eigenvalue weighted by Crippen LogP contribution is -2.53. The lowest BCUT2D eigenvalue weighted by Gasteiger charge is -2.47. The summed E-state index contributed by atoms with van der Waals surface area (Å²) in [5, 5.41) is 14.6. The second-order valence-corrected chi connectivity index (χ2v) is 15.4. The van der Waals surface area contributed by atoms with E-state index in [1.54, 1.807) is 24.3 Å². The molecule has 0 unspecified atom stereocenters. The number of carbonyl (C=O) groups is 1. The summed E-state index contributed by atoms with van der Waals surface area (Å²) in [4.78, 5) is 17.6. The van der Waals surface area contributed by atoms with Crippen LogP contribution in [0.25, 0.3) is 0 Å². The number of nitrogens with zero attached hydrogens (tertiary/aromatic N) is 1. The molecule has 1 spiro atoms. The number of rotatable bonds is 11. The molecular formula is C42H46ClFN2O4. The van der Waals surface area contributed by atoms with Gasteiger partial charge in [0.2, 0.25) is 0 Å². The molecule has 1 aromatic heterocycles. The number of benzene rings is 3. The summed E-state index contributed by atoms with van der Waals surface area (Å²) in [5.41, 5.74) is 5.61. The zero-order valence-corrected chi connectivity index (χ0v) is 29.6. The molecule has 0 radical (unpaired) electrons. The molecule has 2 N–H and O–H groups in total. The van der Waals surface area contributed by atoms with Crippen LogP contribution in [0.15, 0.2) is 79.0 Å². The summed E-state index contributed by atoms with van der Waals surface area (Å²) in [5.74, 6) is 1.55. The third kappa shape index (κ3) is 6.94. The second-order valence-electron chi connectivity index (χ2n) is 14.9. The van der Waals surface area contributed by atoms with Gasteiger partial charge in [0.1, 0.15) is 29.5 Å². The zero-order valence-electron chi connectivity index (χ0n) is 28.9. The van der Waals surface area contributed by atoms with Crippen LogP contribution in [0.1, 0.15) is 92.7 Å². The van der Waals surface area contributed by atoms with Gasteiger partial charge in [0.25, 0.3) is 0 Å². The van der Waals surface area contributed by atoms with Crippen molar-refractivity contribution in [1.29, 1.82) is 0 Å². The van der Waals surface area contributed by atoms with E-state index in [9.17, 15) is 14.3 Å². The van der Waals surface area contributed by atoms with Crippen molar-refractivity contribution >= 4 is 23.3 Å². The van der Waals surface area contributed by atoms with Gasteiger partial charge in [-0.15, -0.1) is 0 Å². The quantitative estimate of drug-likeness (QED) is 0.163. The van der Waals surface area contributed by atoms with Crippen LogP contribution in [0.2, 0.25) is 5.02 Å². The molecule has 1 fully saturated rings. The molecule has 3 aromatic carbocycles. The van der Waals surface area contributed by atoms with Gasteiger partial charge in [-0.05, 0) is 146 Å². The third-order valence-electron chi connectivity index (χ3n) is 11.6. The number of aryl methyl sites for hydroxylation is 1. The molecule has 0 aliphatic heterocycles. The summed E-state index contributed by atoms with van der Waals surface area (Å²) in [6.07, 6.45) is 9.62. The minimum absolute atomic E-state index is 0.172. The molecule has 3 aliphatic carbocycles. The van der Waals surface area contributed by atoms with Crippen LogP contribution in [0.4, 0.5) is 10.1 Å². The highest BCUT2D eigenvalue weighted by Crippen LogP contribution is 2.56. The molecule has 4 aromatic rings. The fourth-order valence-electron chi connectivity index (χ4n) is 8.93. The van der Waals surface area contributed by atoms with E-state index in [-0.39, 0.29) is 11.2 Å². The SMILES string of the molecule is C[C@@H](COc1ccnc2c1[C@H](C)CCC2)C[C@@H]1Cc2ccc(COc3ccc(F)cc3)cc2C12CCC(Nc1cccc(Cl)c1)(C(=O)O)CC2. The fraction of sp³-hybridized carbons (Fsp3) is 0.429. The number of aromatic nitrogens is 1. The van der Waals surface area contributed by atoms with E-state index >= 15 is 0 Å². The molecular weight excluding hydrogens is 651 g/mol. The molecule has 3 aliphatic rings. The smallest absolute Gasteiger partial charge is 0.329 e. The van der Waals surface area contributed by atoms with E-state index in [0.717, 1.165) is 55.5 Å². The molecule has 0 bridgehead atoms. The lowest BCUT2D eigenvalue weighted by molar-refractivity contribution is -0.144. The highest BCUT2D eigenvalue weighted by molar-refractivity contribution is 6.30. The Balaban J connectivity index is 1.13. The maximum absolute atomic E-state index is 13.5. The number of pyridine rings is 1. The van der Waals surface area contributed by atoms with Gasteiger partial charge < -0.3 is 19.9 Å². The number of fused-ring (bicyclic) bond motifs is 3. The van der Waals surface area contributed by atoms with Gasteiger partial charge in [-0.25, -0.2) is 9.18 Å². The van der Waals surface area contributed by atoms with E-state index in [2.05, 4.69) is 42.3 Å². The Morgan fingerprint density at radius 1 is 1.06 bits per heavy atom. The number of ether oxygens (including phenoxy) is 2. The van der Waals surface area contributed by atoms with Crippen molar-refractivity contribution in [3.05, 3.63) is 118 Å². The molecule has 1 saturated carbocycles. The van der Waals surface area contributed by atoms with Gasteiger partial charge >= 0.3 is 5.97 Å². The summed E-state index contributed by atoms with van der Waals surface area (Å²) in [6.45, 7) is 5.54. The molecule has 0 saturated heterocycles. The maximum Gasteiger partial charge on any atom is 0.329 e. The highest BCUT2D eigenvalue weighted by atomic mass is 35.5. The molecule has 1 heterocycles. The van der Waals surface area contributed by atoms with Crippen molar-refractivity contribution in [1.82, 2.24) is 4.98 Å². The van der Waals surface area contributed by atoms with Crippen molar-refractivity contribution in [2.75, 3.05) is 11.9 Å². The Bertz CT molecular complexity index is 1840. The van der Waals surface area contributed by atoms with Crippen molar-refractivity contribution in [3.63, 3.8) is 0 Å². The first kappa shape index (κ1) is 34.4. The van der Waals surface area contributed by atoms with Gasteiger partial charge in [-0.3, -0.25) is 4.98 Å². The summed E-state index contributed by atoms with van der Waals surface area (Å²) < 4.78 is 26.1. The Morgan fingerprint density at radius 2 is 1.86 bits per heavy atom. The number of carboxylic acid groups (broad SMARTS) is 1. The van der Waals surface area contributed by atoms with Gasteiger partial charge in [-0.1, -0.05) is 49.7 Å². The first-order valence-electron chi connectivity index (χ1n) is 18.0. The van der Waals surface area contributed by atoms with Crippen LogP contribution in [0, 0.1) is 17.7 Å². The van der Waals surface area contributed by atoms with Crippen molar-refractivity contribution in [2.45, 2.75) is 95.1 Å². The predicted octanol–water partition coefficient (Wildman–Crippen LogP) is 9.92. The van der Waals surface area contributed by atoms with Crippen LogP contribution < -0.4 is 14.8 Å². The second kappa shape index (κ2) is 14.3. The topological polar surface area (TPSA) is 80.7 Å². The van der Waals surface area contributed by atoms with Crippen molar-refractivity contribution in [3.8, 4) is 11.5 Å². The predicted molar refractivity (Wildman–Crippen MR) is 195 cm³/mol. The van der Waals surface area contributed by atoms with E-state index in [1.165, 1.54) is 40.9 Å². The van der Waals surface area contributed by atoms with Crippen LogP contribution in [0.3, 0.4) is 0 Å². The number of nitrogens with one attached hydrogen (secondary N) is 1. The first-order valence-corrected chi connectivity index (χ1v) is 18.4. The molecule has 8 heteroatoms. The first-order chi connectivity index (χ1) is 24.1. The van der Waals surface area contributed by atoms with Crippen LogP contribution in [0.5, 0.6) is 11.5 Å². The standard InChI is InChI=1S/C42H46ClFN2O4/c1-27(25-50-38-15-20-45-37-8-3-5-28(2)39(37)38)21-31-23-30-10-9-29(26-49-35-13-11-33(44)12-14-35)22-36(30)41(31)16-18-42(19-17-41,40(47)48)46-34-7-4-6-32(43)24-34/h4,6-7,9-15,20,22,24,27-28,31,46H,3,5,8,16-19,21,23,25-26H2,1-2H3,(H,47,48)/t27-,28-,31-,41?,42?/m1/s1. The lowest BCUT2D eigenvalue weighted by atomic mass is 9.59. The van der Waals surface area contributed by atoms with Crippen LogP contribution >= 0.6 is 11.6 Å². The number of halogens is 2. The summed E-state index contributed by atoms with van der Waals surface area (Å²) in [6, 6.07) is 22.1. The number of carboxylic acids is 1. The minimum atomic E-state index is -1.08. The molecule has 6 nitrogen and oxygen atoms in total. The third-order valence-corrected chi connectivity index (χ3v) is 11.8. The Hall–Kier alpha value is -4.10. The number of hydrogen-bond donors (Lipinski definition) is 2. The van der Waals surface area contributed by atoms with Gasteiger partial charge in [0, 0.05) is 28.2 Å². The Morgan fingerprint density at radius 3 is 2.62 bits per heavy atom. The van der Waals surface area contributed by atoms with E-state index < -0.39 is 11.5 Å². The van der Waals surface area contributed by atoms with Gasteiger partial charge in [0.05, 0.1) is 6.61 Å². The number of anilines is 1. The largest absolute Gasteiger partial charge is 0.493 e. The van der Waals surface area contributed by atoms with Crippen LogP contribution in [-0.2, 0) is 29.7 Å². The summed E-state index contributed by atoms with van der Waals surface area (Å²) in [7, 11) is 0. The average molecular weight is 697 g/mol. The average Bonchev–Trinajstić information content (AvgIpc) is 3.39. The maximum atomic E-state index is 13.5. The molecule has 0 amide bonds. The number of aliphatic carboxylic acids is 1. The molecule has 50 heavy (non-hydrogen) atoms. The van der Waals surface area contributed by atoms with Gasteiger partial charge in [0.15, 0.2) is 0 Å². The summed E-state index contributed by atoms with van der Waals surface area (Å²) >= 11 is 6.28. The monoisotopic (exact) mass is 696 g/mol. The molecule has 262 valence electrons. The zero-order chi connectivity index (χ0) is 34.9. The van der Waals surface area contributed by atoms with E-state index in [0.29, 0.717) is 54.6 Å². The van der Waals surface area contributed by atoms with E-state index in [1.807, 2.05) is 24.4 Å². The highest BCUT2D eigenvalue weighted by Gasteiger charge is 2.54. The molecule has 3 atom stereocenters.